The number of phenols is 3. The van der Waals surface area contributed by atoms with Crippen molar-refractivity contribution in [2.24, 2.45) is 0 Å². The normalized spacial score (nSPS) is 13.0. The Morgan fingerprint density at radius 1 is 1.04 bits per heavy atom. The number of hydrogen-bond acceptors (Lipinski definition) is 7. The van der Waals surface area contributed by atoms with Crippen LogP contribution in [0.4, 0.5) is 0 Å². The third-order valence-corrected chi connectivity index (χ3v) is 4.51. The molecule has 8 heteroatoms. The van der Waals surface area contributed by atoms with Gasteiger partial charge in [0.05, 0.1) is 0 Å². The van der Waals surface area contributed by atoms with Gasteiger partial charge in [-0.2, -0.15) is 0 Å². The van der Waals surface area contributed by atoms with Crippen molar-refractivity contribution >= 4 is 11.7 Å². The Morgan fingerprint density at radius 2 is 1.68 bits per heavy atom. The van der Waals surface area contributed by atoms with E-state index in [1.807, 2.05) is 19.1 Å². The summed E-state index contributed by atoms with van der Waals surface area (Å²) in [7, 11) is 0.980. The minimum Gasteiger partial charge on any atom is -0.504 e. The number of amides is 1. The lowest BCUT2D eigenvalue weighted by atomic mass is 9.82. The average Bonchev–Trinajstić information content (AvgIpc) is 2.65. The molecule has 0 fully saturated rings. The fraction of sp³-hybridized carbons (Fsp3) is 0.300. The number of carbonyl (C=O) groups excluding carboxylic acids is 2. The molecule has 0 spiro atoms. The molecule has 0 aliphatic rings. The first-order valence-electron chi connectivity index (χ1n) is 8.63. The highest BCUT2D eigenvalue weighted by molar-refractivity contribution is 6.35. The van der Waals surface area contributed by atoms with Crippen LogP contribution in [0.1, 0.15) is 30.0 Å². The molecule has 0 radical (unpaired) electrons. The first kappa shape index (κ1) is 21.2. The quantitative estimate of drug-likeness (QED) is 0.210. The number of likely N-dealkylation sites (N-methyl/N-ethyl adjacent to an activating group) is 1. The van der Waals surface area contributed by atoms with Crippen LogP contribution in [-0.4, -0.2) is 49.4 Å². The maximum absolute atomic E-state index is 12.2. The lowest BCUT2D eigenvalue weighted by Gasteiger charge is -2.29. The van der Waals surface area contributed by atoms with Gasteiger partial charge in [-0.15, -0.1) is 0 Å². The summed E-state index contributed by atoms with van der Waals surface area (Å²) in [5.74, 6) is -4.58. The standard InChI is InChI=1S/C20H23NO7/c1-3-12-5-4-6-13(9-12)10-20(27,11-16(23)19(26)21(2)28)14-7-8-15(22)18(25)17(14)24/h4-9,22,24-25,27-28H,3,10-11H2,1-2H3/t20-/m1/s1. The molecule has 2 rings (SSSR count). The number of aliphatic hydroxyl groups is 1. The molecular formula is C20H23NO7. The van der Waals surface area contributed by atoms with E-state index in [0.717, 1.165) is 31.2 Å². The van der Waals surface area contributed by atoms with Gasteiger partial charge in [-0.1, -0.05) is 31.2 Å². The van der Waals surface area contributed by atoms with Crippen LogP contribution in [0.3, 0.4) is 0 Å². The molecule has 0 aliphatic carbocycles. The predicted molar refractivity (Wildman–Crippen MR) is 99.0 cm³/mol. The molecule has 1 atom stereocenters. The molecule has 0 aromatic heterocycles. The first-order chi connectivity index (χ1) is 13.1. The number of aromatic hydroxyl groups is 3. The summed E-state index contributed by atoms with van der Waals surface area (Å²) in [6, 6.07) is 9.41. The molecule has 0 saturated heterocycles. The van der Waals surface area contributed by atoms with Crippen molar-refractivity contribution in [3.05, 3.63) is 53.1 Å². The number of hydroxylamine groups is 2. The molecule has 0 heterocycles. The zero-order valence-electron chi connectivity index (χ0n) is 15.6. The van der Waals surface area contributed by atoms with Gasteiger partial charge in [0.1, 0.15) is 5.60 Å². The summed E-state index contributed by atoms with van der Waals surface area (Å²) in [5.41, 5.74) is -0.697. The summed E-state index contributed by atoms with van der Waals surface area (Å²) >= 11 is 0. The first-order valence-corrected chi connectivity index (χ1v) is 8.63. The second kappa shape index (κ2) is 8.28. The fourth-order valence-electron chi connectivity index (χ4n) is 3.02. The van der Waals surface area contributed by atoms with Gasteiger partial charge in [-0.05, 0) is 29.7 Å². The van der Waals surface area contributed by atoms with Gasteiger partial charge in [0.15, 0.2) is 11.5 Å². The van der Waals surface area contributed by atoms with Crippen LogP contribution < -0.4 is 0 Å². The minimum atomic E-state index is -2.08. The Morgan fingerprint density at radius 3 is 2.29 bits per heavy atom. The second-order valence-corrected chi connectivity index (χ2v) is 6.64. The molecule has 0 saturated carbocycles. The number of carbonyl (C=O) groups is 2. The van der Waals surface area contributed by atoms with Crippen LogP contribution in [-0.2, 0) is 28.0 Å². The van der Waals surface area contributed by atoms with E-state index in [2.05, 4.69) is 0 Å². The Hall–Kier alpha value is -3.10. The van der Waals surface area contributed by atoms with E-state index in [1.165, 1.54) is 0 Å². The van der Waals surface area contributed by atoms with Crippen molar-refractivity contribution in [1.82, 2.24) is 5.06 Å². The maximum Gasteiger partial charge on any atom is 0.313 e. The Balaban J connectivity index is 2.52. The largest absolute Gasteiger partial charge is 0.504 e. The molecule has 0 aliphatic heterocycles. The third-order valence-electron chi connectivity index (χ3n) is 4.51. The van der Waals surface area contributed by atoms with Gasteiger partial charge in [0.25, 0.3) is 0 Å². The van der Waals surface area contributed by atoms with Gasteiger partial charge in [-0.3, -0.25) is 14.8 Å². The number of aryl methyl sites for hydroxylation is 1. The predicted octanol–water partition coefficient (Wildman–Crippen LogP) is 1.60. The highest BCUT2D eigenvalue weighted by Crippen LogP contribution is 2.44. The SMILES string of the molecule is CCc1cccc(C[C@@](O)(CC(=O)C(=O)N(C)O)c2ccc(O)c(O)c2O)c1. The molecule has 8 nitrogen and oxygen atoms in total. The number of nitrogens with zero attached hydrogens (tertiary/aromatic N) is 1. The van der Waals surface area contributed by atoms with Crippen LogP contribution >= 0.6 is 0 Å². The second-order valence-electron chi connectivity index (χ2n) is 6.64. The van der Waals surface area contributed by atoms with Crippen LogP contribution in [0, 0.1) is 0 Å². The van der Waals surface area contributed by atoms with E-state index < -0.39 is 41.0 Å². The van der Waals surface area contributed by atoms with Crippen LogP contribution in [0.15, 0.2) is 36.4 Å². The smallest absolute Gasteiger partial charge is 0.313 e. The maximum atomic E-state index is 12.2. The van der Waals surface area contributed by atoms with Crippen molar-refractivity contribution in [3.8, 4) is 17.2 Å². The lowest BCUT2D eigenvalue weighted by molar-refractivity contribution is -0.167. The molecule has 0 unspecified atom stereocenters. The summed E-state index contributed by atoms with van der Waals surface area (Å²) in [4.78, 5) is 24.0. The number of phenolic OH excluding ortho intramolecular Hbond substituents is 3. The van der Waals surface area contributed by atoms with Gasteiger partial charge in [-0.25, -0.2) is 5.06 Å². The monoisotopic (exact) mass is 389 g/mol. The topological polar surface area (TPSA) is 139 Å². The molecule has 1 amide bonds. The van der Waals surface area contributed by atoms with E-state index in [1.54, 1.807) is 12.1 Å². The number of ketones is 1. The van der Waals surface area contributed by atoms with E-state index in [-0.39, 0.29) is 17.0 Å². The summed E-state index contributed by atoms with van der Waals surface area (Å²) < 4.78 is 0. The zero-order chi connectivity index (χ0) is 21.1. The number of Topliss-reactive ketones (excluding diaryl/α,β-unsaturated/α-hetero) is 1. The van der Waals surface area contributed by atoms with Crippen LogP contribution in [0.2, 0.25) is 0 Å². The number of rotatable bonds is 7. The number of benzene rings is 2. The minimum absolute atomic E-state index is 0.106. The van der Waals surface area contributed by atoms with E-state index in [9.17, 15) is 35.2 Å². The molecule has 150 valence electrons. The van der Waals surface area contributed by atoms with Crippen molar-refractivity contribution in [1.29, 1.82) is 0 Å². The molecule has 2 aromatic carbocycles. The molecule has 28 heavy (non-hydrogen) atoms. The van der Waals surface area contributed by atoms with E-state index in [0.29, 0.717) is 5.56 Å². The Kier molecular flexibility index (Phi) is 6.27. The Labute approximate surface area is 161 Å². The van der Waals surface area contributed by atoms with Crippen molar-refractivity contribution in [2.45, 2.75) is 31.8 Å². The molecule has 0 bridgehead atoms. The van der Waals surface area contributed by atoms with Crippen LogP contribution in [0.25, 0.3) is 0 Å². The lowest BCUT2D eigenvalue weighted by Crippen LogP contribution is -2.38. The van der Waals surface area contributed by atoms with Crippen molar-refractivity contribution < 1.29 is 35.2 Å². The molecular weight excluding hydrogens is 366 g/mol. The third kappa shape index (κ3) is 4.41. The van der Waals surface area contributed by atoms with Crippen molar-refractivity contribution in [2.75, 3.05) is 7.05 Å². The fourth-order valence-corrected chi connectivity index (χ4v) is 3.02. The zero-order valence-corrected chi connectivity index (χ0v) is 15.6. The number of hydrogen-bond donors (Lipinski definition) is 5. The van der Waals surface area contributed by atoms with Gasteiger partial charge >= 0.3 is 5.91 Å². The Bertz CT molecular complexity index is 894. The summed E-state index contributed by atoms with van der Waals surface area (Å²) in [6.07, 6.45) is -0.179. The summed E-state index contributed by atoms with van der Waals surface area (Å²) in [5, 5.41) is 50.2. The van der Waals surface area contributed by atoms with E-state index >= 15 is 0 Å². The highest BCUT2D eigenvalue weighted by atomic mass is 16.5. The highest BCUT2D eigenvalue weighted by Gasteiger charge is 2.38. The van der Waals surface area contributed by atoms with Gasteiger partial charge < -0.3 is 20.4 Å². The van der Waals surface area contributed by atoms with Crippen molar-refractivity contribution in [3.63, 3.8) is 0 Å². The van der Waals surface area contributed by atoms with Gasteiger partial charge in [0.2, 0.25) is 11.5 Å². The van der Waals surface area contributed by atoms with E-state index in [4.69, 9.17) is 0 Å². The molecule has 2 aromatic rings. The van der Waals surface area contributed by atoms with Crippen LogP contribution in [0.5, 0.6) is 17.2 Å². The summed E-state index contributed by atoms with van der Waals surface area (Å²) in [6.45, 7) is 1.95. The average molecular weight is 389 g/mol. The van der Waals surface area contributed by atoms with Gasteiger partial charge in [0, 0.05) is 25.5 Å². The molecule has 5 N–H and O–H groups in total.